The molecule has 0 bridgehead atoms. The molecule has 0 atom stereocenters. The summed E-state index contributed by atoms with van der Waals surface area (Å²) in [7, 11) is 0. The Morgan fingerprint density at radius 3 is 2.62 bits per heavy atom. The first-order chi connectivity index (χ1) is 11.6. The van der Waals surface area contributed by atoms with E-state index >= 15 is 0 Å². The number of halogens is 1. The van der Waals surface area contributed by atoms with Gasteiger partial charge in [0.25, 0.3) is 0 Å². The predicted molar refractivity (Wildman–Crippen MR) is 94.2 cm³/mol. The van der Waals surface area contributed by atoms with Gasteiger partial charge in [0.1, 0.15) is 5.41 Å². The lowest BCUT2D eigenvalue weighted by Crippen LogP contribution is -2.42. The van der Waals surface area contributed by atoms with Crippen molar-refractivity contribution < 1.29 is 9.59 Å². The summed E-state index contributed by atoms with van der Waals surface area (Å²) in [5, 5.41) is 3.40. The van der Waals surface area contributed by atoms with Gasteiger partial charge in [-0.2, -0.15) is 0 Å². The molecule has 0 spiro atoms. The standard InChI is InChI=1S/C19H17ClN2O2/c20-14-5-3-6-15(12-14)21-17(23)19(9-10-19)18(24)22-11-8-13-4-1-2-7-16(13)22/h1-7,12H,8-11H2,(H,21,23). The topological polar surface area (TPSA) is 49.4 Å². The molecule has 2 amide bonds. The van der Waals surface area contributed by atoms with Crippen molar-refractivity contribution in [1.29, 1.82) is 0 Å². The number of fused-ring (bicyclic) bond motifs is 1. The van der Waals surface area contributed by atoms with E-state index in [-0.39, 0.29) is 11.8 Å². The lowest BCUT2D eigenvalue weighted by atomic mass is 10.0. The number of carbonyl (C=O) groups is 2. The van der Waals surface area contributed by atoms with Crippen molar-refractivity contribution in [2.45, 2.75) is 19.3 Å². The molecule has 0 saturated heterocycles. The van der Waals surface area contributed by atoms with Gasteiger partial charge in [-0.15, -0.1) is 0 Å². The average Bonchev–Trinajstić information content (AvgIpc) is 3.28. The number of nitrogens with zero attached hydrogens (tertiary/aromatic N) is 1. The number of amides is 2. The number of rotatable bonds is 3. The largest absolute Gasteiger partial charge is 0.325 e. The third-order valence-electron chi connectivity index (χ3n) is 4.81. The van der Waals surface area contributed by atoms with Crippen LogP contribution in [-0.2, 0) is 16.0 Å². The van der Waals surface area contributed by atoms with E-state index in [4.69, 9.17) is 11.6 Å². The monoisotopic (exact) mass is 340 g/mol. The Labute approximate surface area is 145 Å². The van der Waals surface area contributed by atoms with Gasteiger partial charge in [-0.1, -0.05) is 35.9 Å². The van der Waals surface area contributed by atoms with Crippen molar-refractivity contribution in [3.05, 3.63) is 59.1 Å². The quantitative estimate of drug-likeness (QED) is 0.867. The predicted octanol–water partition coefficient (Wildman–Crippen LogP) is 3.65. The summed E-state index contributed by atoms with van der Waals surface area (Å²) in [6, 6.07) is 14.9. The van der Waals surface area contributed by atoms with Crippen molar-refractivity contribution in [1.82, 2.24) is 0 Å². The molecule has 122 valence electrons. The number of nitrogens with one attached hydrogen (secondary N) is 1. The first-order valence-corrected chi connectivity index (χ1v) is 8.45. The van der Waals surface area contributed by atoms with Crippen LogP contribution in [0, 0.1) is 5.41 Å². The minimum Gasteiger partial charge on any atom is -0.325 e. The Bertz CT molecular complexity index is 830. The van der Waals surface area contributed by atoms with E-state index in [1.54, 1.807) is 29.2 Å². The average molecular weight is 341 g/mol. The molecule has 0 aromatic heterocycles. The molecular formula is C19H17ClN2O2. The second-order valence-corrected chi connectivity index (χ2v) is 6.82. The zero-order chi connectivity index (χ0) is 16.7. The molecule has 2 aromatic rings. The number of para-hydroxylation sites is 1. The van der Waals surface area contributed by atoms with Gasteiger partial charge in [-0.05, 0) is 49.1 Å². The molecule has 1 N–H and O–H groups in total. The number of hydrogen-bond acceptors (Lipinski definition) is 2. The second kappa shape index (κ2) is 5.64. The summed E-state index contributed by atoms with van der Waals surface area (Å²) in [6.45, 7) is 0.643. The molecule has 0 unspecified atom stereocenters. The summed E-state index contributed by atoms with van der Waals surface area (Å²) >= 11 is 5.95. The van der Waals surface area contributed by atoms with Crippen molar-refractivity contribution in [2.24, 2.45) is 5.41 Å². The Kier molecular flexibility index (Phi) is 3.57. The fourth-order valence-corrected chi connectivity index (χ4v) is 3.48. The second-order valence-electron chi connectivity index (χ2n) is 6.38. The van der Waals surface area contributed by atoms with Crippen LogP contribution in [0.2, 0.25) is 5.02 Å². The zero-order valence-electron chi connectivity index (χ0n) is 13.1. The van der Waals surface area contributed by atoms with Gasteiger partial charge < -0.3 is 10.2 Å². The number of anilines is 2. The SMILES string of the molecule is O=C(Nc1cccc(Cl)c1)C1(C(=O)N2CCc3ccccc32)CC1. The molecular weight excluding hydrogens is 324 g/mol. The minimum absolute atomic E-state index is 0.0908. The summed E-state index contributed by atoms with van der Waals surface area (Å²) in [4.78, 5) is 27.5. The first-order valence-electron chi connectivity index (χ1n) is 8.07. The van der Waals surface area contributed by atoms with Crippen LogP contribution in [0.4, 0.5) is 11.4 Å². The van der Waals surface area contributed by atoms with Crippen LogP contribution in [0.5, 0.6) is 0 Å². The molecule has 4 nitrogen and oxygen atoms in total. The van der Waals surface area contributed by atoms with Crippen LogP contribution < -0.4 is 10.2 Å². The Morgan fingerprint density at radius 2 is 1.88 bits per heavy atom. The van der Waals surface area contributed by atoms with Gasteiger partial charge in [0.05, 0.1) is 0 Å². The molecule has 4 rings (SSSR count). The normalized spacial score (nSPS) is 17.3. The third-order valence-corrected chi connectivity index (χ3v) is 5.04. The third kappa shape index (κ3) is 2.47. The van der Waals surface area contributed by atoms with Crippen LogP contribution in [-0.4, -0.2) is 18.4 Å². The van der Waals surface area contributed by atoms with Crippen molar-refractivity contribution in [3.63, 3.8) is 0 Å². The fraction of sp³-hybridized carbons (Fsp3) is 0.263. The number of benzene rings is 2. The summed E-state index contributed by atoms with van der Waals surface area (Å²) in [5.41, 5.74) is 1.79. The molecule has 5 heteroatoms. The summed E-state index contributed by atoms with van der Waals surface area (Å²) in [5.74, 6) is -0.328. The van der Waals surface area contributed by atoms with Crippen LogP contribution in [0.3, 0.4) is 0 Å². The van der Waals surface area contributed by atoms with E-state index in [1.807, 2.05) is 24.3 Å². The van der Waals surface area contributed by atoms with E-state index in [2.05, 4.69) is 5.32 Å². The smallest absolute Gasteiger partial charge is 0.242 e. The van der Waals surface area contributed by atoms with Crippen LogP contribution in [0.15, 0.2) is 48.5 Å². The maximum absolute atomic E-state index is 13.0. The minimum atomic E-state index is -0.931. The highest BCUT2D eigenvalue weighted by Crippen LogP contribution is 2.49. The zero-order valence-corrected chi connectivity index (χ0v) is 13.8. The summed E-state index contributed by atoms with van der Waals surface area (Å²) < 4.78 is 0. The maximum Gasteiger partial charge on any atom is 0.242 e. The Balaban J connectivity index is 1.55. The molecule has 1 heterocycles. The molecule has 24 heavy (non-hydrogen) atoms. The van der Waals surface area contributed by atoms with Gasteiger partial charge >= 0.3 is 0 Å². The molecule has 1 fully saturated rings. The van der Waals surface area contributed by atoms with E-state index < -0.39 is 5.41 Å². The van der Waals surface area contributed by atoms with Crippen molar-refractivity contribution >= 4 is 34.8 Å². The maximum atomic E-state index is 13.0. The molecule has 0 radical (unpaired) electrons. The molecule has 1 saturated carbocycles. The highest BCUT2D eigenvalue weighted by molar-refractivity contribution is 6.31. The highest BCUT2D eigenvalue weighted by Gasteiger charge is 2.58. The van der Waals surface area contributed by atoms with Gasteiger partial charge in [0.15, 0.2) is 0 Å². The van der Waals surface area contributed by atoms with Crippen LogP contribution in [0.25, 0.3) is 0 Å². The lowest BCUT2D eigenvalue weighted by molar-refractivity contribution is -0.132. The molecule has 2 aliphatic rings. The van der Waals surface area contributed by atoms with Crippen molar-refractivity contribution in [2.75, 3.05) is 16.8 Å². The van der Waals surface area contributed by atoms with E-state index in [0.29, 0.717) is 30.1 Å². The van der Waals surface area contributed by atoms with Gasteiger partial charge in [0, 0.05) is 22.9 Å². The Hall–Kier alpha value is -2.33. The molecule has 1 aliphatic carbocycles. The number of hydrogen-bond donors (Lipinski definition) is 1. The number of carbonyl (C=O) groups excluding carboxylic acids is 2. The van der Waals surface area contributed by atoms with E-state index in [1.165, 1.54) is 0 Å². The summed E-state index contributed by atoms with van der Waals surface area (Å²) in [6.07, 6.45) is 2.03. The van der Waals surface area contributed by atoms with E-state index in [9.17, 15) is 9.59 Å². The molecule has 2 aromatic carbocycles. The molecule has 1 aliphatic heterocycles. The lowest BCUT2D eigenvalue weighted by Gasteiger charge is -2.23. The van der Waals surface area contributed by atoms with Gasteiger partial charge in [-0.25, -0.2) is 0 Å². The Morgan fingerprint density at radius 1 is 1.08 bits per heavy atom. The fourth-order valence-electron chi connectivity index (χ4n) is 3.29. The van der Waals surface area contributed by atoms with Gasteiger partial charge in [-0.3, -0.25) is 9.59 Å². The van der Waals surface area contributed by atoms with Crippen LogP contribution in [0.1, 0.15) is 18.4 Å². The van der Waals surface area contributed by atoms with Crippen molar-refractivity contribution in [3.8, 4) is 0 Å². The van der Waals surface area contributed by atoms with Crippen LogP contribution >= 0.6 is 11.6 Å². The van der Waals surface area contributed by atoms with E-state index in [0.717, 1.165) is 17.7 Å². The highest BCUT2D eigenvalue weighted by atomic mass is 35.5. The van der Waals surface area contributed by atoms with Gasteiger partial charge in [0.2, 0.25) is 11.8 Å². The first kappa shape index (κ1) is 15.2.